The maximum Gasteiger partial charge on any atom is 2.00 e. The number of carbonyl (C=O) groups excluding carboxylic acids is 2. The van der Waals surface area contributed by atoms with Gasteiger partial charge >= 0.3 is 16.8 Å². The van der Waals surface area contributed by atoms with Crippen LogP contribution in [-0.4, -0.2) is 30.2 Å². The summed E-state index contributed by atoms with van der Waals surface area (Å²) in [6.07, 6.45) is 5.14. The van der Waals surface area contributed by atoms with Crippen molar-refractivity contribution >= 4 is 22.1 Å². The molecule has 7 nitrogen and oxygen atoms in total. The summed E-state index contributed by atoms with van der Waals surface area (Å²) < 4.78 is 32.9. The summed E-state index contributed by atoms with van der Waals surface area (Å²) in [5, 5.41) is 21.0. The fourth-order valence-electron chi connectivity index (χ4n) is 3.67. The molecule has 0 aliphatic carbocycles. The van der Waals surface area contributed by atoms with Crippen LogP contribution in [0.5, 0.6) is 0 Å². The summed E-state index contributed by atoms with van der Waals surface area (Å²) in [6, 6.07) is 0. The van der Waals surface area contributed by atoms with E-state index in [2.05, 4.69) is 27.7 Å². The molecule has 0 aliphatic rings. The number of carboxylic acids is 2. The SMILES string of the molecule is CC(C)CCCCCC(CCCCCC(C)C)(C(=O)[O-])C(C(=O)[O-])S(=O)(=O)O.[Co+2]. The molecule has 1 radical (unpaired) electrons. The van der Waals surface area contributed by atoms with Gasteiger partial charge in [0, 0.05) is 11.4 Å². The molecule has 0 aromatic carbocycles. The van der Waals surface area contributed by atoms with Gasteiger partial charge in [-0.05, 0) is 24.7 Å². The second-order valence-corrected chi connectivity index (χ2v) is 10.1. The van der Waals surface area contributed by atoms with E-state index in [4.69, 9.17) is 0 Å². The molecule has 1 unspecified atom stereocenters. The average Bonchev–Trinajstić information content (AvgIpc) is 2.51. The molecule has 173 valence electrons. The molecule has 0 aliphatic heterocycles. The van der Waals surface area contributed by atoms with Gasteiger partial charge in [0.05, 0.1) is 5.97 Å². The van der Waals surface area contributed by atoms with E-state index in [9.17, 15) is 32.8 Å². The zero-order valence-corrected chi connectivity index (χ0v) is 19.8. The smallest absolute Gasteiger partial charge is 0.549 e. The zero-order chi connectivity index (χ0) is 22.0. The predicted molar refractivity (Wildman–Crippen MR) is 104 cm³/mol. The standard InChI is InChI=1S/C20H38O7S.Co/c1-15(2)11-7-5-9-13-20(19(23)24,14-10-6-8-12-16(3)4)17(18(21)22)28(25,26)27;/h15-17H,5-14H2,1-4H3,(H,21,22)(H,23,24)(H,25,26,27);/q;+2/p-2. The van der Waals surface area contributed by atoms with E-state index in [0.717, 1.165) is 25.7 Å². The van der Waals surface area contributed by atoms with Crippen molar-refractivity contribution in [3.8, 4) is 0 Å². The molecule has 0 aromatic rings. The summed E-state index contributed by atoms with van der Waals surface area (Å²) in [5.41, 5.74) is -2.19. The minimum atomic E-state index is -5.16. The predicted octanol–water partition coefficient (Wildman–Crippen LogP) is 1.94. The van der Waals surface area contributed by atoms with Crippen molar-refractivity contribution < 1.29 is 49.6 Å². The van der Waals surface area contributed by atoms with Crippen LogP contribution in [-0.2, 0) is 36.5 Å². The molecule has 0 heterocycles. The van der Waals surface area contributed by atoms with Gasteiger partial charge < -0.3 is 19.8 Å². The molecular weight excluding hydrogens is 443 g/mol. The fourth-order valence-corrected chi connectivity index (χ4v) is 4.82. The van der Waals surface area contributed by atoms with Crippen molar-refractivity contribution in [2.45, 2.75) is 97.2 Å². The topological polar surface area (TPSA) is 135 Å². The first-order valence-corrected chi connectivity index (χ1v) is 11.7. The van der Waals surface area contributed by atoms with E-state index in [1.54, 1.807) is 0 Å². The third kappa shape index (κ3) is 11.4. The third-order valence-electron chi connectivity index (χ3n) is 5.23. The van der Waals surface area contributed by atoms with E-state index in [1.807, 2.05) is 0 Å². The molecule has 1 atom stereocenters. The van der Waals surface area contributed by atoms with Crippen LogP contribution in [0.4, 0.5) is 0 Å². The number of carbonyl (C=O) groups is 2. The first-order valence-electron chi connectivity index (χ1n) is 10.2. The summed E-state index contributed by atoms with van der Waals surface area (Å²) >= 11 is 0. The number of hydrogen-bond acceptors (Lipinski definition) is 6. The van der Waals surface area contributed by atoms with Crippen LogP contribution in [0.3, 0.4) is 0 Å². The maximum atomic E-state index is 12.0. The van der Waals surface area contributed by atoms with Gasteiger partial charge in [-0.3, -0.25) is 4.55 Å². The van der Waals surface area contributed by atoms with Crippen LogP contribution in [0, 0.1) is 17.3 Å². The molecule has 0 fully saturated rings. The minimum Gasteiger partial charge on any atom is -0.549 e. The van der Waals surface area contributed by atoms with Crippen LogP contribution in [0.2, 0.25) is 0 Å². The Morgan fingerprint density at radius 2 is 1.21 bits per heavy atom. The Labute approximate surface area is 186 Å². The normalized spacial score (nSPS) is 13.3. The number of carboxylic acid groups (broad SMARTS) is 2. The Kier molecular flexibility index (Phi) is 15.1. The minimum absolute atomic E-state index is 0. The number of rotatable bonds is 16. The molecule has 9 heteroatoms. The Balaban J connectivity index is 0. The van der Waals surface area contributed by atoms with Crippen molar-refractivity contribution in [3.63, 3.8) is 0 Å². The van der Waals surface area contributed by atoms with Crippen molar-refractivity contribution in [2.75, 3.05) is 0 Å². The van der Waals surface area contributed by atoms with E-state index < -0.39 is 32.7 Å². The third-order valence-corrected chi connectivity index (χ3v) is 6.47. The molecule has 0 saturated heterocycles. The molecule has 29 heavy (non-hydrogen) atoms. The maximum absolute atomic E-state index is 12.0. The van der Waals surface area contributed by atoms with Crippen molar-refractivity contribution in [3.05, 3.63) is 0 Å². The van der Waals surface area contributed by atoms with Gasteiger partial charge in [-0.2, -0.15) is 8.42 Å². The Morgan fingerprint density at radius 1 is 0.828 bits per heavy atom. The quantitative estimate of drug-likeness (QED) is 0.264. The van der Waals surface area contributed by atoms with Crippen molar-refractivity contribution in [2.24, 2.45) is 17.3 Å². The van der Waals surface area contributed by atoms with Gasteiger partial charge in [-0.15, -0.1) is 0 Å². The first kappa shape index (κ1) is 30.5. The molecule has 0 spiro atoms. The molecule has 0 saturated carbocycles. The second-order valence-electron chi connectivity index (χ2n) is 8.64. The van der Waals surface area contributed by atoms with Crippen molar-refractivity contribution in [1.29, 1.82) is 0 Å². The van der Waals surface area contributed by atoms with Gasteiger partial charge in [0.1, 0.15) is 5.25 Å². The summed E-state index contributed by atoms with van der Waals surface area (Å²) in [7, 11) is -5.16. The van der Waals surface area contributed by atoms with E-state index in [-0.39, 0.29) is 29.6 Å². The average molecular weight is 480 g/mol. The Morgan fingerprint density at radius 3 is 1.45 bits per heavy atom. The Bertz CT molecular complexity index is 570. The molecule has 0 amide bonds. The zero-order valence-electron chi connectivity index (χ0n) is 17.9. The van der Waals surface area contributed by atoms with Gasteiger partial charge in [-0.1, -0.05) is 79.1 Å². The molecule has 0 rings (SSSR count). The number of unbranched alkanes of at least 4 members (excludes halogenated alkanes) is 4. The van der Waals surface area contributed by atoms with Crippen LogP contribution < -0.4 is 10.2 Å². The largest absolute Gasteiger partial charge is 2.00 e. The second kappa shape index (κ2) is 14.4. The molecule has 1 N–H and O–H groups in total. The van der Waals surface area contributed by atoms with E-state index >= 15 is 0 Å². The Hall–Kier alpha value is -0.644. The van der Waals surface area contributed by atoms with Gasteiger partial charge in [0.2, 0.25) is 0 Å². The van der Waals surface area contributed by atoms with Gasteiger partial charge in [0.15, 0.2) is 0 Å². The number of aliphatic carboxylic acids is 2. The molecule has 0 aromatic heterocycles. The van der Waals surface area contributed by atoms with Crippen molar-refractivity contribution in [1.82, 2.24) is 0 Å². The fraction of sp³-hybridized carbons (Fsp3) is 0.900. The van der Waals surface area contributed by atoms with E-state index in [0.29, 0.717) is 37.5 Å². The van der Waals surface area contributed by atoms with Crippen LogP contribution >= 0.6 is 0 Å². The molecular formula is C20H36CoO7S. The van der Waals surface area contributed by atoms with Gasteiger partial charge in [0.25, 0.3) is 10.1 Å². The number of hydrogen-bond donors (Lipinski definition) is 1. The summed E-state index contributed by atoms with van der Waals surface area (Å²) in [6.45, 7) is 8.25. The van der Waals surface area contributed by atoms with Crippen LogP contribution in [0.15, 0.2) is 0 Å². The van der Waals surface area contributed by atoms with Crippen LogP contribution in [0.1, 0.15) is 91.9 Å². The van der Waals surface area contributed by atoms with Gasteiger partial charge in [-0.25, -0.2) is 0 Å². The first-order chi connectivity index (χ1) is 12.8. The summed E-state index contributed by atoms with van der Waals surface area (Å²) in [4.78, 5) is 23.5. The molecule has 0 bridgehead atoms. The van der Waals surface area contributed by atoms with Crippen LogP contribution in [0.25, 0.3) is 0 Å². The monoisotopic (exact) mass is 479 g/mol. The summed E-state index contributed by atoms with van der Waals surface area (Å²) in [5.74, 6) is -2.88. The van der Waals surface area contributed by atoms with E-state index in [1.165, 1.54) is 0 Å².